The van der Waals surface area contributed by atoms with Crippen molar-refractivity contribution in [2.75, 3.05) is 0 Å². The molecule has 0 radical (unpaired) electrons. The summed E-state index contributed by atoms with van der Waals surface area (Å²) in [6.07, 6.45) is 3.20. The molecule has 0 unspecified atom stereocenters. The number of carbonyl (C=O) groups is 1. The van der Waals surface area contributed by atoms with E-state index in [1.165, 1.54) is 29.5 Å². The molecule has 0 saturated carbocycles. The zero-order chi connectivity index (χ0) is 17.9. The lowest BCUT2D eigenvalue weighted by molar-refractivity contribution is 0.0950. The van der Waals surface area contributed by atoms with Crippen molar-refractivity contribution >= 4 is 5.91 Å². The number of benzene rings is 2. The van der Waals surface area contributed by atoms with Gasteiger partial charge in [0.25, 0.3) is 5.91 Å². The molecule has 1 aromatic heterocycles. The van der Waals surface area contributed by atoms with Crippen LogP contribution in [0.4, 0.5) is 4.39 Å². The van der Waals surface area contributed by atoms with E-state index >= 15 is 0 Å². The van der Waals surface area contributed by atoms with Gasteiger partial charge in [0, 0.05) is 37.6 Å². The van der Waals surface area contributed by atoms with Crippen LogP contribution in [-0.4, -0.2) is 10.9 Å². The fourth-order valence-electron chi connectivity index (χ4n) is 3.11. The number of rotatable bonds is 4. The predicted molar refractivity (Wildman–Crippen MR) is 97.8 cm³/mol. The Bertz CT molecular complexity index is 954. The van der Waals surface area contributed by atoms with Crippen LogP contribution in [0, 0.1) is 5.82 Å². The van der Waals surface area contributed by atoms with Crippen LogP contribution in [0.25, 0.3) is 11.1 Å². The van der Waals surface area contributed by atoms with Gasteiger partial charge in [0.1, 0.15) is 5.82 Å². The van der Waals surface area contributed by atoms with Crippen molar-refractivity contribution in [3.8, 4) is 11.1 Å². The molecule has 1 aliphatic rings. The van der Waals surface area contributed by atoms with E-state index in [1.807, 2.05) is 6.07 Å². The summed E-state index contributed by atoms with van der Waals surface area (Å²) in [7, 11) is 0. The number of nitrogens with one attached hydrogen (secondary N) is 2. The number of aromatic nitrogens is 1. The first-order valence-electron chi connectivity index (χ1n) is 8.49. The van der Waals surface area contributed by atoms with E-state index in [-0.39, 0.29) is 11.7 Å². The van der Waals surface area contributed by atoms with Crippen LogP contribution in [-0.2, 0) is 19.6 Å². The summed E-state index contributed by atoms with van der Waals surface area (Å²) in [6.45, 7) is 2.25. The van der Waals surface area contributed by atoms with Gasteiger partial charge in [-0.2, -0.15) is 0 Å². The highest BCUT2D eigenvalue weighted by Crippen LogP contribution is 2.20. The molecule has 1 amide bonds. The molecule has 0 bridgehead atoms. The summed E-state index contributed by atoms with van der Waals surface area (Å²) in [6, 6.07) is 14.2. The zero-order valence-corrected chi connectivity index (χ0v) is 14.1. The van der Waals surface area contributed by atoms with Crippen LogP contribution in [0.3, 0.4) is 0 Å². The summed E-state index contributed by atoms with van der Waals surface area (Å²) in [5.74, 6) is -0.472. The maximum atomic E-state index is 13.1. The second-order valence-electron chi connectivity index (χ2n) is 6.36. The van der Waals surface area contributed by atoms with Crippen LogP contribution >= 0.6 is 0 Å². The third-order valence-corrected chi connectivity index (χ3v) is 4.53. The minimum atomic E-state index is -0.292. The van der Waals surface area contributed by atoms with Crippen molar-refractivity contribution < 1.29 is 9.18 Å². The quantitative estimate of drug-likeness (QED) is 0.760. The minimum absolute atomic E-state index is 0.180. The summed E-state index contributed by atoms with van der Waals surface area (Å²) >= 11 is 0. The fraction of sp³-hybridized carbons (Fsp3) is 0.143. The van der Waals surface area contributed by atoms with Gasteiger partial charge in [-0.1, -0.05) is 30.3 Å². The van der Waals surface area contributed by atoms with Crippen molar-refractivity contribution in [1.29, 1.82) is 0 Å². The van der Waals surface area contributed by atoms with Gasteiger partial charge in [-0.3, -0.25) is 9.78 Å². The van der Waals surface area contributed by atoms with Gasteiger partial charge in [0.05, 0.1) is 5.56 Å². The lowest BCUT2D eigenvalue weighted by Gasteiger charge is -2.08. The molecule has 2 heterocycles. The van der Waals surface area contributed by atoms with Gasteiger partial charge >= 0.3 is 0 Å². The summed E-state index contributed by atoms with van der Waals surface area (Å²) in [5.41, 5.74) is 5.76. The highest BCUT2D eigenvalue weighted by Gasteiger charge is 2.11. The maximum absolute atomic E-state index is 13.1. The van der Waals surface area contributed by atoms with E-state index in [2.05, 4.69) is 27.8 Å². The van der Waals surface area contributed by atoms with E-state index in [9.17, 15) is 9.18 Å². The highest BCUT2D eigenvalue weighted by atomic mass is 19.1. The molecular weight excluding hydrogens is 329 g/mol. The number of fused-ring (bicyclic) bond motifs is 1. The molecule has 0 fully saturated rings. The molecule has 2 N–H and O–H groups in total. The largest absolute Gasteiger partial charge is 0.348 e. The van der Waals surface area contributed by atoms with Gasteiger partial charge in [-0.15, -0.1) is 0 Å². The maximum Gasteiger partial charge on any atom is 0.253 e. The number of amides is 1. The van der Waals surface area contributed by atoms with E-state index in [0.29, 0.717) is 12.1 Å². The molecule has 0 saturated heterocycles. The number of hydrogen-bond acceptors (Lipinski definition) is 3. The predicted octanol–water partition coefficient (Wildman–Crippen LogP) is 3.42. The monoisotopic (exact) mass is 347 g/mol. The Hall–Kier alpha value is -3.05. The molecule has 0 spiro atoms. The van der Waals surface area contributed by atoms with Gasteiger partial charge in [-0.05, 0) is 40.5 Å². The molecule has 0 atom stereocenters. The van der Waals surface area contributed by atoms with Crippen molar-refractivity contribution in [2.45, 2.75) is 19.6 Å². The Morgan fingerprint density at radius 2 is 1.81 bits per heavy atom. The number of pyridine rings is 1. The first-order chi connectivity index (χ1) is 12.7. The second kappa shape index (κ2) is 7.06. The van der Waals surface area contributed by atoms with Crippen molar-refractivity contribution in [3.63, 3.8) is 0 Å². The number of nitrogens with zero attached hydrogens (tertiary/aromatic N) is 1. The Morgan fingerprint density at radius 1 is 1.00 bits per heavy atom. The normalized spacial score (nSPS) is 12.7. The standard InChI is InChI=1S/C21H18FN3O/c22-20-5-3-15(4-6-20)18-8-19(13-24-12-18)21(26)25-9-14-1-2-16-10-23-11-17(16)7-14/h1-8,12-13,23H,9-11H2,(H,25,26). The topological polar surface area (TPSA) is 54.0 Å². The van der Waals surface area contributed by atoms with Crippen molar-refractivity contribution in [2.24, 2.45) is 0 Å². The third kappa shape index (κ3) is 3.48. The molecule has 0 aliphatic carbocycles. The molecular formula is C21H18FN3O. The van der Waals surface area contributed by atoms with Crippen LogP contribution in [0.2, 0.25) is 0 Å². The van der Waals surface area contributed by atoms with Crippen LogP contribution < -0.4 is 10.6 Å². The molecule has 4 nitrogen and oxygen atoms in total. The number of halogens is 1. The van der Waals surface area contributed by atoms with E-state index in [1.54, 1.807) is 24.4 Å². The van der Waals surface area contributed by atoms with Gasteiger partial charge in [-0.25, -0.2) is 4.39 Å². The minimum Gasteiger partial charge on any atom is -0.348 e. The molecule has 130 valence electrons. The van der Waals surface area contributed by atoms with Crippen LogP contribution in [0.5, 0.6) is 0 Å². The molecule has 26 heavy (non-hydrogen) atoms. The summed E-state index contributed by atoms with van der Waals surface area (Å²) < 4.78 is 13.1. The van der Waals surface area contributed by atoms with Gasteiger partial charge < -0.3 is 10.6 Å². The smallest absolute Gasteiger partial charge is 0.253 e. The average Bonchev–Trinajstić information content (AvgIpc) is 3.14. The van der Waals surface area contributed by atoms with Crippen molar-refractivity contribution in [3.05, 3.63) is 89.0 Å². The van der Waals surface area contributed by atoms with E-state index in [0.717, 1.165) is 29.8 Å². The zero-order valence-electron chi connectivity index (χ0n) is 14.1. The van der Waals surface area contributed by atoms with E-state index < -0.39 is 0 Å². The van der Waals surface area contributed by atoms with Gasteiger partial charge in [0.15, 0.2) is 0 Å². The Balaban J connectivity index is 1.46. The van der Waals surface area contributed by atoms with Crippen LogP contribution in [0.1, 0.15) is 27.0 Å². The molecule has 1 aliphatic heterocycles. The van der Waals surface area contributed by atoms with Gasteiger partial charge in [0.2, 0.25) is 0 Å². The number of hydrogen-bond donors (Lipinski definition) is 2. The Morgan fingerprint density at radius 3 is 2.65 bits per heavy atom. The molecule has 3 aromatic rings. The third-order valence-electron chi connectivity index (χ3n) is 4.53. The second-order valence-corrected chi connectivity index (χ2v) is 6.36. The highest BCUT2D eigenvalue weighted by molar-refractivity contribution is 5.95. The fourth-order valence-corrected chi connectivity index (χ4v) is 3.11. The van der Waals surface area contributed by atoms with Crippen molar-refractivity contribution in [1.82, 2.24) is 15.6 Å². The average molecular weight is 347 g/mol. The molecule has 4 rings (SSSR count). The lowest BCUT2D eigenvalue weighted by atomic mass is 10.1. The summed E-state index contributed by atoms with van der Waals surface area (Å²) in [5, 5.41) is 6.25. The van der Waals surface area contributed by atoms with E-state index in [4.69, 9.17) is 0 Å². The summed E-state index contributed by atoms with van der Waals surface area (Å²) in [4.78, 5) is 16.6. The SMILES string of the molecule is O=C(NCc1ccc2c(c1)CNC2)c1cncc(-c2ccc(F)cc2)c1. The van der Waals surface area contributed by atoms with Crippen LogP contribution in [0.15, 0.2) is 60.9 Å². The number of carbonyl (C=O) groups excluding carboxylic acids is 1. The Labute approximate surface area is 151 Å². The molecule has 2 aromatic carbocycles. The Kier molecular flexibility index (Phi) is 4.46. The lowest BCUT2D eigenvalue weighted by Crippen LogP contribution is -2.23. The first kappa shape index (κ1) is 16.4. The molecule has 5 heteroatoms. The first-order valence-corrected chi connectivity index (χ1v) is 8.49.